The smallest absolute Gasteiger partial charge is 0.0639 e. The van der Waals surface area contributed by atoms with Crippen molar-refractivity contribution in [3.05, 3.63) is 0 Å². The molecule has 78 valence electrons. The Balaban J connectivity index is 2.35. The lowest BCUT2D eigenvalue weighted by Gasteiger charge is -2.39. The van der Waals surface area contributed by atoms with Crippen LogP contribution in [-0.2, 0) is 0 Å². The van der Waals surface area contributed by atoms with E-state index < -0.39 is 0 Å². The van der Waals surface area contributed by atoms with E-state index in [2.05, 4.69) is 23.6 Å². The van der Waals surface area contributed by atoms with E-state index in [1.807, 2.05) is 6.92 Å². The first-order valence-electron chi connectivity index (χ1n) is 5.28. The molecule has 13 heavy (non-hydrogen) atoms. The van der Waals surface area contributed by atoms with Gasteiger partial charge in [-0.15, -0.1) is 0 Å². The molecule has 1 aliphatic rings. The Morgan fingerprint density at radius 3 is 2.62 bits per heavy atom. The molecule has 0 aromatic heterocycles. The molecule has 0 aromatic rings. The zero-order valence-corrected chi connectivity index (χ0v) is 9.03. The van der Waals surface area contributed by atoms with Crippen molar-refractivity contribution >= 4 is 0 Å². The van der Waals surface area contributed by atoms with Crippen LogP contribution in [0.4, 0.5) is 0 Å². The van der Waals surface area contributed by atoms with E-state index in [0.717, 1.165) is 32.7 Å². The molecule has 0 amide bonds. The van der Waals surface area contributed by atoms with Crippen molar-refractivity contribution in [2.24, 2.45) is 0 Å². The molecular weight excluding hydrogens is 164 g/mol. The summed E-state index contributed by atoms with van der Waals surface area (Å²) in [4.78, 5) is 4.83. The predicted octanol–water partition coefficient (Wildman–Crippen LogP) is 0.393. The minimum atomic E-state index is -0.198. The molecule has 2 atom stereocenters. The van der Waals surface area contributed by atoms with Gasteiger partial charge in [0.25, 0.3) is 0 Å². The van der Waals surface area contributed by atoms with Crippen molar-refractivity contribution in [1.29, 1.82) is 0 Å². The number of rotatable bonds is 3. The number of aliphatic hydroxyl groups is 1. The summed E-state index contributed by atoms with van der Waals surface area (Å²) in [5.74, 6) is 0. The van der Waals surface area contributed by atoms with Gasteiger partial charge < -0.3 is 10.0 Å². The third-order valence-corrected chi connectivity index (χ3v) is 2.80. The topological polar surface area (TPSA) is 26.7 Å². The first-order valence-corrected chi connectivity index (χ1v) is 5.28. The van der Waals surface area contributed by atoms with Gasteiger partial charge in [0.2, 0.25) is 0 Å². The van der Waals surface area contributed by atoms with E-state index in [9.17, 15) is 5.11 Å². The molecule has 3 nitrogen and oxygen atoms in total. The van der Waals surface area contributed by atoms with Crippen molar-refractivity contribution < 1.29 is 5.11 Å². The number of nitrogens with zero attached hydrogens (tertiary/aromatic N) is 2. The van der Waals surface area contributed by atoms with Crippen LogP contribution in [0.5, 0.6) is 0 Å². The molecule has 0 spiro atoms. The Labute approximate surface area is 81.3 Å². The van der Waals surface area contributed by atoms with Crippen LogP contribution in [0.2, 0.25) is 0 Å². The second kappa shape index (κ2) is 4.94. The third-order valence-electron chi connectivity index (χ3n) is 2.80. The van der Waals surface area contributed by atoms with Crippen LogP contribution in [0.1, 0.15) is 20.8 Å². The van der Waals surface area contributed by atoms with E-state index in [0.29, 0.717) is 6.04 Å². The summed E-state index contributed by atoms with van der Waals surface area (Å²) >= 11 is 0. The standard InChI is InChI=1S/C10H22N2O/c1-4-11-5-6-12(8-10(3)13)9(2)7-11/h9-10,13H,4-8H2,1-3H3. The van der Waals surface area contributed by atoms with Crippen LogP contribution in [0.3, 0.4) is 0 Å². The van der Waals surface area contributed by atoms with Gasteiger partial charge in [0.15, 0.2) is 0 Å². The summed E-state index contributed by atoms with van der Waals surface area (Å²) in [6.45, 7) is 11.7. The highest BCUT2D eigenvalue weighted by Gasteiger charge is 2.22. The van der Waals surface area contributed by atoms with Gasteiger partial charge >= 0.3 is 0 Å². The van der Waals surface area contributed by atoms with Crippen molar-refractivity contribution in [2.75, 3.05) is 32.7 Å². The van der Waals surface area contributed by atoms with Gasteiger partial charge in [-0.3, -0.25) is 4.90 Å². The number of likely N-dealkylation sites (N-methyl/N-ethyl adjacent to an activating group) is 1. The molecular formula is C10H22N2O. The Hall–Kier alpha value is -0.120. The monoisotopic (exact) mass is 186 g/mol. The zero-order valence-electron chi connectivity index (χ0n) is 9.03. The summed E-state index contributed by atoms with van der Waals surface area (Å²) in [5, 5.41) is 9.29. The van der Waals surface area contributed by atoms with E-state index in [1.165, 1.54) is 0 Å². The highest BCUT2D eigenvalue weighted by atomic mass is 16.3. The van der Waals surface area contributed by atoms with Gasteiger partial charge in [0.1, 0.15) is 0 Å². The number of piperazine rings is 1. The molecule has 3 heteroatoms. The Morgan fingerprint density at radius 2 is 2.15 bits per heavy atom. The van der Waals surface area contributed by atoms with Crippen LogP contribution >= 0.6 is 0 Å². The molecule has 0 saturated carbocycles. The van der Waals surface area contributed by atoms with E-state index >= 15 is 0 Å². The molecule has 1 rings (SSSR count). The minimum Gasteiger partial charge on any atom is -0.392 e. The lowest BCUT2D eigenvalue weighted by Crippen LogP contribution is -2.53. The fraction of sp³-hybridized carbons (Fsp3) is 1.00. The molecule has 1 heterocycles. The molecule has 0 bridgehead atoms. The van der Waals surface area contributed by atoms with Gasteiger partial charge in [-0.1, -0.05) is 6.92 Å². The number of aliphatic hydroxyl groups excluding tert-OH is 1. The zero-order chi connectivity index (χ0) is 9.84. The first-order chi connectivity index (χ1) is 6.13. The summed E-state index contributed by atoms with van der Waals surface area (Å²) < 4.78 is 0. The van der Waals surface area contributed by atoms with Crippen LogP contribution in [-0.4, -0.2) is 59.8 Å². The van der Waals surface area contributed by atoms with Crippen LogP contribution < -0.4 is 0 Å². The van der Waals surface area contributed by atoms with E-state index in [4.69, 9.17) is 0 Å². The summed E-state index contributed by atoms with van der Waals surface area (Å²) in [5.41, 5.74) is 0. The van der Waals surface area contributed by atoms with Gasteiger partial charge in [0, 0.05) is 32.2 Å². The van der Waals surface area contributed by atoms with E-state index in [1.54, 1.807) is 0 Å². The highest BCUT2D eigenvalue weighted by molar-refractivity contribution is 4.79. The number of hydrogen-bond donors (Lipinski definition) is 1. The summed E-state index contributed by atoms with van der Waals surface area (Å²) in [7, 11) is 0. The molecule has 1 saturated heterocycles. The largest absolute Gasteiger partial charge is 0.392 e. The third kappa shape index (κ3) is 3.25. The molecule has 0 aromatic carbocycles. The molecule has 1 fully saturated rings. The maximum Gasteiger partial charge on any atom is 0.0639 e. The van der Waals surface area contributed by atoms with Crippen molar-refractivity contribution in [3.8, 4) is 0 Å². The van der Waals surface area contributed by atoms with Crippen LogP contribution in [0.25, 0.3) is 0 Å². The fourth-order valence-electron chi connectivity index (χ4n) is 1.97. The maximum atomic E-state index is 9.29. The Bertz CT molecular complexity index is 150. The second-order valence-corrected chi connectivity index (χ2v) is 4.09. The SMILES string of the molecule is CCN1CCN(CC(C)O)C(C)C1. The normalized spacial score (nSPS) is 29.1. The van der Waals surface area contributed by atoms with Gasteiger partial charge in [0.05, 0.1) is 6.10 Å². The van der Waals surface area contributed by atoms with Crippen LogP contribution in [0.15, 0.2) is 0 Å². The quantitative estimate of drug-likeness (QED) is 0.691. The number of hydrogen-bond acceptors (Lipinski definition) is 3. The predicted molar refractivity (Wildman–Crippen MR) is 54.8 cm³/mol. The first kappa shape index (κ1) is 11.0. The van der Waals surface area contributed by atoms with Crippen molar-refractivity contribution in [2.45, 2.75) is 32.9 Å². The Kier molecular flexibility index (Phi) is 4.16. The van der Waals surface area contributed by atoms with Gasteiger partial charge in [-0.25, -0.2) is 0 Å². The molecule has 1 N–H and O–H groups in total. The summed E-state index contributed by atoms with van der Waals surface area (Å²) in [6, 6.07) is 0.586. The summed E-state index contributed by atoms with van der Waals surface area (Å²) in [6.07, 6.45) is -0.198. The molecule has 1 aliphatic heterocycles. The number of β-amino-alcohol motifs (C(OH)–C–C–N with tert-alkyl or cyclic N) is 1. The lowest BCUT2D eigenvalue weighted by atomic mass is 10.2. The van der Waals surface area contributed by atoms with Crippen molar-refractivity contribution in [1.82, 2.24) is 9.80 Å². The lowest BCUT2D eigenvalue weighted by molar-refractivity contribution is 0.0472. The molecule has 2 unspecified atom stereocenters. The average Bonchev–Trinajstić information content (AvgIpc) is 2.08. The fourth-order valence-corrected chi connectivity index (χ4v) is 1.97. The van der Waals surface area contributed by atoms with Gasteiger partial charge in [-0.2, -0.15) is 0 Å². The average molecular weight is 186 g/mol. The highest BCUT2D eigenvalue weighted by Crippen LogP contribution is 2.09. The van der Waals surface area contributed by atoms with E-state index in [-0.39, 0.29) is 6.10 Å². The Morgan fingerprint density at radius 1 is 1.46 bits per heavy atom. The second-order valence-electron chi connectivity index (χ2n) is 4.09. The van der Waals surface area contributed by atoms with Crippen molar-refractivity contribution in [3.63, 3.8) is 0 Å². The minimum absolute atomic E-state index is 0.198. The molecule has 0 radical (unpaired) electrons. The maximum absolute atomic E-state index is 9.29. The van der Waals surface area contributed by atoms with Gasteiger partial charge in [-0.05, 0) is 20.4 Å². The molecule has 0 aliphatic carbocycles. The van der Waals surface area contributed by atoms with Crippen LogP contribution in [0, 0.1) is 0 Å².